The lowest BCUT2D eigenvalue weighted by Crippen LogP contribution is -2.32. The fourth-order valence-corrected chi connectivity index (χ4v) is 2.76. The van der Waals surface area contributed by atoms with Gasteiger partial charge in [-0.2, -0.15) is 0 Å². The SMILES string of the molecule is CCc1nnc([C@H]2C[C@@H](O)CN2C(=O)c2ccc(O)c(C=O)c2)o1. The quantitative estimate of drug-likeness (QED) is 0.806. The fraction of sp³-hybridized carbons (Fsp3) is 0.375. The fourth-order valence-electron chi connectivity index (χ4n) is 2.76. The van der Waals surface area contributed by atoms with Crippen molar-refractivity contribution in [2.45, 2.75) is 31.9 Å². The van der Waals surface area contributed by atoms with Gasteiger partial charge in [0.05, 0.1) is 11.7 Å². The summed E-state index contributed by atoms with van der Waals surface area (Å²) in [5.74, 6) is 0.178. The van der Waals surface area contributed by atoms with Gasteiger partial charge in [-0.15, -0.1) is 10.2 Å². The highest BCUT2D eigenvalue weighted by Gasteiger charge is 2.39. The number of nitrogens with zero attached hydrogens (tertiary/aromatic N) is 3. The number of phenols is 1. The van der Waals surface area contributed by atoms with E-state index in [9.17, 15) is 19.8 Å². The molecular weight excluding hydrogens is 314 g/mol. The van der Waals surface area contributed by atoms with Crippen molar-refractivity contribution in [3.8, 4) is 5.75 Å². The molecule has 0 aliphatic carbocycles. The molecule has 2 aromatic rings. The molecule has 126 valence electrons. The Morgan fingerprint density at radius 3 is 2.92 bits per heavy atom. The summed E-state index contributed by atoms with van der Waals surface area (Å²) in [5.41, 5.74) is 0.271. The lowest BCUT2D eigenvalue weighted by molar-refractivity contribution is 0.0697. The molecule has 24 heavy (non-hydrogen) atoms. The number of aliphatic hydroxyl groups is 1. The van der Waals surface area contributed by atoms with Crippen LogP contribution < -0.4 is 0 Å². The number of carbonyl (C=O) groups is 2. The molecule has 1 aromatic carbocycles. The summed E-state index contributed by atoms with van der Waals surface area (Å²) < 4.78 is 5.52. The standard InChI is InChI=1S/C16H17N3O5/c1-2-14-17-18-15(24-14)12-6-11(21)7-19(12)16(23)9-3-4-13(22)10(5-9)8-20/h3-5,8,11-12,21-22H,2,6-7H2,1H3/t11-,12-/m1/s1. The first-order valence-corrected chi connectivity index (χ1v) is 7.63. The van der Waals surface area contributed by atoms with Crippen molar-refractivity contribution in [1.82, 2.24) is 15.1 Å². The zero-order valence-electron chi connectivity index (χ0n) is 13.0. The Morgan fingerprint density at radius 1 is 1.46 bits per heavy atom. The van der Waals surface area contributed by atoms with Gasteiger partial charge in [0.2, 0.25) is 11.8 Å². The molecular formula is C16H17N3O5. The third-order valence-corrected chi connectivity index (χ3v) is 4.01. The van der Waals surface area contributed by atoms with Crippen LogP contribution >= 0.6 is 0 Å². The van der Waals surface area contributed by atoms with Crippen LogP contribution in [0.2, 0.25) is 0 Å². The minimum absolute atomic E-state index is 0.0307. The van der Waals surface area contributed by atoms with E-state index in [-0.39, 0.29) is 35.2 Å². The number of β-amino-alcohol motifs (C(OH)–C–C–N with tert-alkyl or cyclic N) is 1. The summed E-state index contributed by atoms with van der Waals surface area (Å²) in [7, 11) is 0. The van der Waals surface area contributed by atoms with Crippen LogP contribution in [-0.4, -0.2) is 50.2 Å². The molecule has 1 aliphatic rings. The normalized spacial score (nSPS) is 20.3. The molecule has 1 fully saturated rings. The highest BCUT2D eigenvalue weighted by atomic mass is 16.4. The molecule has 1 aliphatic heterocycles. The second kappa shape index (κ2) is 6.40. The number of likely N-dealkylation sites (tertiary alicyclic amines) is 1. The summed E-state index contributed by atoms with van der Waals surface area (Å²) >= 11 is 0. The summed E-state index contributed by atoms with van der Waals surface area (Å²) in [6, 6.07) is 3.52. The first-order chi connectivity index (χ1) is 11.5. The number of aldehydes is 1. The number of rotatable bonds is 4. The number of aliphatic hydroxyl groups excluding tert-OH is 1. The third kappa shape index (κ3) is 2.88. The first kappa shape index (κ1) is 16.1. The zero-order valence-corrected chi connectivity index (χ0v) is 13.0. The summed E-state index contributed by atoms with van der Waals surface area (Å²) in [4.78, 5) is 25.1. The van der Waals surface area contributed by atoms with Crippen LogP contribution in [0.3, 0.4) is 0 Å². The van der Waals surface area contributed by atoms with Gasteiger partial charge in [0, 0.05) is 24.9 Å². The van der Waals surface area contributed by atoms with Crippen LogP contribution in [0.15, 0.2) is 22.6 Å². The van der Waals surface area contributed by atoms with E-state index in [0.29, 0.717) is 25.0 Å². The molecule has 8 heteroatoms. The molecule has 1 amide bonds. The van der Waals surface area contributed by atoms with Crippen LogP contribution in [0.5, 0.6) is 5.75 Å². The van der Waals surface area contributed by atoms with E-state index in [2.05, 4.69) is 10.2 Å². The van der Waals surface area contributed by atoms with Crippen LogP contribution in [0.1, 0.15) is 51.9 Å². The predicted octanol–water partition coefficient (Wildman–Crippen LogP) is 1.10. The van der Waals surface area contributed by atoms with Gasteiger partial charge in [0.1, 0.15) is 11.8 Å². The summed E-state index contributed by atoms with van der Waals surface area (Å²) in [5, 5.41) is 27.4. The Kier molecular flexibility index (Phi) is 4.30. The van der Waals surface area contributed by atoms with Crippen LogP contribution in [0.4, 0.5) is 0 Å². The second-order valence-corrected chi connectivity index (χ2v) is 5.64. The molecule has 1 saturated heterocycles. The van der Waals surface area contributed by atoms with Crippen molar-refractivity contribution in [3.63, 3.8) is 0 Å². The van der Waals surface area contributed by atoms with Gasteiger partial charge >= 0.3 is 0 Å². The van der Waals surface area contributed by atoms with E-state index < -0.39 is 12.1 Å². The molecule has 3 rings (SSSR count). The largest absolute Gasteiger partial charge is 0.507 e. The second-order valence-electron chi connectivity index (χ2n) is 5.64. The van der Waals surface area contributed by atoms with Crippen molar-refractivity contribution in [2.75, 3.05) is 6.54 Å². The summed E-state index contributed by atoms with van der Waals surface area (Å²) in [6.45, 7) is 2.01. The average molecular weight is 331 g/mol. The maximum absolute atomic E-state index is 12.8. The van der Waals surface area contributed by atoms with Gasteiger partial charge in [-0.05, 0) is 18.2 Å². The number of aromatic hydroxyl groups is 1. The Hall–Kier alpha value is -2.74. The van der Waals surface area contributed by atoms with Crippen LogP contribution in [0.25, 0.3) is 0 Å². The van der Waals surface area contributed by atoms with Crippen molar-refractivity contribution in [2.24, 2.45) is 0 Å². The maximum atomic E-state index is 12.8. The predicted molar refractivity (Wildman–Crippen MR) is 81.6 cm³/mol. The van der Waals surface area contributed by atoms with Gasteiger partial charge in [-0.3, -0.25) is 9.59 Å². The van der Waals surface area contributed by atoms with Crippen LogP contribution in [0, 0.1) is 0 Å². The molecule has 0 unspecified atom stereocenters. The maximum Gasteiger partial charge on any atom is 0.254 e. The summed E-state index contributed by atoms with van der Waals surface area (Å²) in [6.07, 6.45) is 0.666. The smallest absolute Gasteiger partial charge is 0.254 e. The number of benzene rings is 1. The highest BCUT2D eigenvalue weighted by Crippen LogP contribution is 2.33. The topological polar surface area (TPSA) is 117 Å². The molecule has 0 saturated carbocycles. The Morgan fingerprint density at radius 2 is 2.25 bits per heavy atom. The molecule has 0 spiro atoms. The van der Waals surface area contributed by atoms with Gasteiger partial charge in [0.15, 0.2) is 6.29 Å². The molecule has 1 aromatic heterocycles. The van der Waals surface area contributed by atoms with E-state index in [4.69, 9.17) is 4.42 Å². The van der Waals surface area contributed by atoms with E-state index >= 15 is 0 Å². The van der Waals surface area contributed by atoms with Crippen molar-refractivity contribution < 1.29 is 24.2 Å². The van der Waals surface area contributed by atoms with Gasteiger partial charge < -0.3 is 19.5 Å². The lowest BCUT2D eigenvalue weighted by Gasteiger charge is -2.22. The van der Waals surface area contributed by atoms with Crippen molar-refractivity contribution >= 4 is 12.2 Å². The average Bonchev–Trinajstić information content (AvgIpc) is 3.20. The zero-order chi connectivity index (χ0) is 17.3. The van der Waals surface area contributed by atoms with E-state index in [1.807, 2.05) is 6.92 Å². The number of carbonyl (C=O) groups excluding carboxylic acids is 2. The van der Waals surface area contributed by atoms with E-state index in [1.54, 1.807) is 0 Å². The van der Waals surface area contributed by atoms with Crippen molar-refractivity contribution in [3.05, 3.63) is 41.1 Å². The van der Waals surface area contributed by atoms with E-state index in [1.165, 1.54) is 23.1 Å². The van der Waals surface area contributed by atoms with Crippen molar-refractivity contribution in [1.29, 1.82) is 0 Å². The highest BCUT2D eigenvalue weighted by molar-refractivity contribution is 5.96. The van der Waals surface area contributed by atoms with Crippen LogP contribution in [-0.2, 0) is 6.42 Å². The van der Waals surface area contributed by atoms with Gasteiger partial charge in [-0.25, -0.2) is 0 Å². The third-order valence-electron chi connectivity index (χ3n) is 4.01. The monoisotopic (exact) mass is 331 g/mol. The Balaban J connectivity index is 1.90. The van der Waals surface area contributed by atoms with E-state index in [0.717, 1.165) is 0 Å². The number of hydrogen-bond acceptors (Lipinski definition) is 7. The molecule has 0 radical (unpaired) electrons. The number of hydrogen-bond donors (Lipinski definition) is 2. The Bertz CT molecular complexity index is 773. The lowest BCUT2D eigenvalue weighted by atomic mass is 10.1. The minimum atomic E-state index is -0.696. The number of aryl methyl sites for hydroxylation is 1. The molecule has 8 nitrogen and oxygen atoms in total. The number of phenolic OH excluding ortho intramolecular Hbond substituents is 1. The molecule has 2 atom stereocenters. The number of aromatic nitrogens is 2. The van der Waals surface area contributed by atoms with Gasteiger partial charge in [-0.1, -0.05) is 6.92 Å². The van der Waals surface area contributed by atoms with Gasteiger partial charge in [0.25, 0.3) is 5.91 Å². The molecule has 2 N–H and O–H groups in total. The number of amides is 1. The molecule has 0 bridgehead atoms. The Labute approximate surface area is 137 Å². The molecule has 2 heterocycles. The first-order valence-electron chi connectivity index (χ1n) is 7.63. The minimum Gasteiger partial charge on any atom is -0.507 e.